The highest BCUT2D eigenvalue weighted by Crippen LogP contribution is 1.86. The summed E-state index contributed by atoms with van der Waals surface area (Å²) >= 11 is 0. The largest absolute Gasteiger partial charge is 0.368 e. The molecule has 56 valence electrons. The molecule has 0 fully saturated rings. The normalized spacial score (nSPS) is 10.0. The van der Waals surface area contributed by atoms with E-state index < -0.39 is 0 Å². The number of rotatable bonds is 5. The molecule has 0 aliphatic heterocycles. The van der Waals surface area contributed by atoms with Crippen molar-refractivity contribution in [1.29, 1.82) is 0 Å². The molecule has 0 aromatic rings. The van der Waals surface area contributed by atoms with Crippen LogP contribution in [0.25, 0.3) is 0 Å². The van der Waals surface area contributed by atoms with Crippen molar-refractivity contribution in [3.05, 3.63) is 12.2 Å². The standard InChI is InChI=1S/C9H14O/c1-3-5-6-7-9-10-8-4-2/h2,5-6H,3,7-9H2,1H3/b6-5-. The fourth-order valence-corrected chi connectivity index (χ4v) is 0.567. The molecule has 0 N–H and O–H groups in total. The average molecular weight is 138 g/mol. The summed E-state index contributed by atoms with van der Waals surface area (Å²) in [5, 5.41) is 0. The van der Waals surface area contributed by atoms with Crippen LogP contribution in [-0.4, -0.2) is 13.2 Å². The second-order valence-corrected chi connectivity index (χ2v) is 1.93. The Kier molecular flexibility index (Phi) is 7.65. The molecular formula is C9H14O. The van der Waals surface area contributed by atoms with Gasteiger partial charge in [-0.15, -0.1) is 6.42 Å². The molecule has 0 aromatic carbocycles. The van der Waals surface area contributed by atoms with Gasteiger partial charge in [0.15, 0.2) is 0 Å². The lowest BCUT2D eigenvalue weighted by molar-refractivity contribution is 0.172. The van der Waals surface area contributed by atoms with Gasteiger partial charge < -0.3 is 4.74 Å². The topological polar surface area (TPSA) is 9.23 Å². The first kappa shape index (κ1) is 9.26. The van der Waals surface area contributed by atoms with Gasteiger partial charge in [0.2, 0.25) is 0 Å². The van der Waals surface area contributed by atoms with Gasteiger partial charge in [0.1, 0.15) is 6.61 Å². The zero-order valence-corrected chi connectivity index (χ0v) is 6.47. The fraction of sp³-hybridized carbons (Fsp3) is 0.556. The van der Waals surface area contributed by atoms with Gasteiger partial charge in [-0.05, 0) is 12.8 Å². The van der Waals surface area contributed by atoms with E-state index in [1.165, 1.54) is 0 Å². The molecule has 10 heavy (non-hydrogen) atoms. The van der Waals surface area contributed by atoms with E-state index in [1.54, 1.807) is 0 Å². The maximum atomic E-state index is 5.04. The molecule has 0 atom stereocenters. The van der Waals surface area contributed by atoms with Crippen LogP contribution >= 0.6 is 0 Å². The molecule has 0 aliphatic rings. The van der Waals surface area contributed by atoms with Gasteiger partial charge in [-0.1, -0.05) is 25.0 Å². The van der Waals surface area contributed by atoms with Crippen molar-refractivity contribution < 1.29 is 4.74 Å². The Morgan fingerprint density at radius 3 is 2.90 bits per heavy atom. The molecule has 0 aliphatic carbocycles. The third-order valence-electron chi connectivity index (χ3n) is 1.02. The zero-order valence-electron chi connectivity index (χ0n) is 6.47. The minimum atomic E-state index is 0.431. The summed E-state index contributed by atoms with van der Waals surface area (Å²) in [6, 6.07) is 0. The molecule has 0 radical (unpaired) electrons. The van der Waals surface area contributed by atoms with E-state index in [0.29, 0.717) is 6.61 Å². The molecule has 1 heteroatoms. The lowest BCUT2D eigenvalue weighted by atomic mass is 10.3. The summed E-state index contributed by atoms with van der Waals surface area (Å²) in [5.74, 6) is 2.41. The van der Waals surface area contributed by atoms with E-state index in [0.717, 1.165) is 19.4 Å². The van der Waals surface area contributed by atoms with Gasteiger partial charge in [0.05, 0.1) is 6.61 Å². The average Bonchev–Trinajstić information content (AvgIpc) is 1.97. The predicted molar refractivity (Wildman–Crippen MR) is 43.7 cm³/mol. The second kappa shape index (κ2) is 8.26. The third kappa shape index (κ3) is 7.26. The first-order chi connectivity index (χ1) is 4.91. The van der Waals surface area contributed by atoms with Crippen LogP contribution in [0.1, 0.15) is 19.8 Å². The van der Waals surface area contributed by atoms with E-state index in [2.05, 4.69) is 25.0 Å². The summed E-state index contributed by atoms with van der Waals surface area (Å²) in [4.78, 5) is 0. The van der Waals surface area contributed by atoms with E-state index in [4.69, 9.17) is 11.2 Å². The van der Waals surface area contributed by atoms with Crippen molar-refractivity contribution in [2.24, 2.45) is 0 Å². The smallest absolute Gasteiger partial charge is 0.107 e. The monoisotopic (exact) mass is 138 g/mol. The van der Waals surface area contributed by atoms with Crippen LogP contribution in [0, 0.1) is 12.3 Å². The van der Waals surface area contributed by atoms with Crippen LogP contribution in [0.4, 0.5) is 0 Å². The molecule has 0 saturated carbocycles. The molecule has 0 spiro atoms. The Morgan fingerprint density at radius 2 is 2.30 bits per heavy atom. The molecule has 0 aromatic heterocycles. The van der Waals surface area contributed by atoms with E-state index in [-0.39, 0.29) is 0 Å². The second-order valence-electron chi connectivity index (χ2n) is 1.93. The van der Waals surface area contributed by atoms with E-state index in [9.17, 15) is 0 Å². The summed E-state index contributed by atoms with van der Waals surface area (Å²) in [6.07, 6.45) is 11.3. The zero-order chi connectivity index (χ0) is 7.66. The van der Waals surface area contributed by atoms with Gasteiger partial charge in [0, 0.05) is 0 Å². The lowest BCUT2D eigenvalue weighted by Crippen LogP contribution is -1.91. The highest BCUT2D eigenvalue weighted by molar-refractivity contribution is 4.83. The Morgan fingerprint density at radius 1 is 1.50 bits per heavy atom. The molecule has 0 unspecified atom stereocenters. The van der Waals surface area contributed by atoms with Gasteiger partial charge in [-0.2, -0.15) is 0 Å². The number of ether oxygens (including phenoxy) is 1. The third-order valence-corrected chi connectivity index (χ3v) is 1.02. The summed E-state index contributed by atoms with van der Waals surface area (Å²) in [6.45, 7) is 3.28. The quantitative estimate of drug-likeness (QED) is 0.321. The summed E-state index contributed by atoms with van der Waals surface area (Å²) in [7, 11) is 0. The van der Waals surface area contributed by atoms with Gasteiger partial charge in [-0.3, -0.25) is 0 Å². The Balaban J connectivity index is 2.92. The summed E-state index contributed by atoms with van der Waals surface area (Å²) < 4.78 is 5.04. The van der Waals surface area contributed by atoms with Crippen molar-refractivity contribution in [1.82, 2.24) is 0 Å². The first-order valence-corrected chi connectivity index (χ1v) is 3.58. The molecule has 0 amide bonds. The lowest BCUT2D eigenvalue weighted by Gasteiger charge is -1.93. The Hall–Kier alpha value is -0.740. The maximum absolute atomic E-state index is 5.04. The molecule has 0 heterocycles. The van der Waals surface area contributed by atoms with Crippen LogP contribution in [0.5, 0.6) is 0 Å². The van der Waals surface area contributed by atoms with Crippen LogP contribution in [0.2, 0.25) is 0 Å². The van der Waals surface area contributed by atoms with Crippen molar-refractivity contribution >= 4 is 0 Å². The Labute approximate surface area is 63.1 Å². The van der Waals surface area contributed by atoms with Gasteiger partial charge >= 0.3 is 0 Å². The summed E-state index contributed by atoms with van der Waals surface area (Å²) in [5.41, 5.74) is 0. The minimum absolute atomic E-state index is 0.431. The van der Waals surface area contributed by atoms with Crippen LogP contribution in [0.3, 0.4) is 0 Å². The van der Waals surface area contributed by atoms with E-state index >= 15 is 0 Å². The minimum Gasteiger partial charge on any atom is -0.368 e. The highest BCUT2D eigenvalue weighted by Gasteiger charge is 1.79. The van der Waals surface area contributed by atoms with Crippen LogP contribution < -0.4 is 0 Å². The molecular weight excluding hydrogens is 124 g/mol. The number of hydrogen-bond acceptors (Lipinski definition) is 1. The molecule has 0 bridgehead atoms. The van der Waals surface area contributed by atoms with Crippen molar-refractivity contribution in [2.75, 3.05) is 13.2 Å². The number of terminal acetylenes is 1. The number of hydrogen-bond donors (Lipinski definition) is 0. The fourth-order valence-electron chi connectivity index (χ4n) is 0.567. The van der Waals surface area contributed by atoms with Crippen LogP contribution in [0.15, 0.2) is 12.2 Å². The van der Waals surface area contributed by atoms with Gasteiger partial charge in [-0.25, -0.2) is 0 Å². The molecule has 0 saturated heterocycles. The molecule has 1 nitrogen and oxygen atoms in total. The first-order valence-electron chi connectivity index (χ1n) is 3.58. The van der Waals surface area contributed by atoms with Crippen LogP contribution in [-0.2, 0) is 4.74 Å². The Bertz CT molecular complexity index is 119. The predicted octanol–water partition coefficient (Wildman–Crippen LogP) is 1.99. The molecule has 0 rings (SSSR count). The highest BCUT2D eigenvalue weighted by atomic mass is 16.5. The van der Waals surface area contributed by atoms with Crippen molar-refractivity contribution in [3.63, 3.8) is 0 Å². The van der Waals surface area contributed by atoms with Crippen molar-refractivity contribution in [2.45, 2.75) is 19.8 Å². The van der Waals surface area contributed by atoms with Gasteiger partial charge in [0.25, 0.3) is 0 Å². The SMILES string of the molecule is C#CCOCC/C=C\CC. The number of allylic oxidation sites excluding steroid dienone is 1. The maximum Gasteiger partial charge on any atom is 0.107 e. The van der Waals surface area contributed by atoms with E-state index in [1.807, 2.05) is 0 Å². The van der Waals surface area contributed by atoms with Crippen molar-refractivity contribution in [3.8, 4) is 12.3 Å².